The van der Waals surface area contributed by atoms with E-state index in [-0.39, 0.29) is 0 Å². The number of anilines is 2. The van der Waals surface area contributed by atoms with E-state index in [4.69, 9.17) is 14.8 Å². The van der Waals surface area contributed by atoms with Crippen LogP contribution in [-0.2, 0) is 11.2 Å². The van der Waals surface area contributed by atoms with Gasteiger partial charge in [0, 0.05) is 43.1 Å². The summed E-state index contributed by atoms with van der Waals surface area (Å²) >= 11 is 0. The number of nitrogens with one attached hydrogen (secondary N) is 1. The summed E-state index contributed by atoms with van der Waals surface area (Å²) in [4.78, 5) is 9.08. The molecule has 4 rings (SSSR count). The first-order valence-corrected chi connectivity index (χ1v) is 9.13. The summed E-state index contributed by atoms with van der Waals surface area (Å²) in [5, 5.41) is 17.8. The van der Waals surface area contributed by atoms with Crippen molar-refractivity contribution in [3.8, 4) is 0 Å². The lowest BCUT2D eigenvalue weighted by Gasteiger charge is -2.23. The second kappa shape index (κ2) is 7.09. The van der Waals surface area contributed by atoms with Gasteiger partial charge in [0.2, 0.25) is 5.95 Å². The van der Waals surface area contributed by atoms with Crippen LogP contribution in [0.2, 0.25) is 0 Å². The van der Waals surface area contributed by atoms with Crippen molar-refractivity contribution in [3.63, 3.8) is 0 Å². The molecule has 0 radical (unpaired) electrons. The van der Waals surface area contributed by atoms with Crippen molar-refractivity contribution in [2.75, 3.05) is 18.5 Å². The van der Waals surface area contributed by atoms with Crippen molar-refractivity contribution in [3.05, 3.63) is 29.8 Å². The molecule has 1 unspecified atom stereocenters. The summed E-state index contributed by atoms with van der Waals surface area (Å²) in [5.74, 6) is 2.26. The van der Waals surface area contributed by atoms with Crippen molar-refractivity contribution in [2.45, 2.75) is 57.1 Å². The van der Waals surface area contributed by atoms with E-state index < -0.39 is 6.10 Å². The minimum absolute atomic E-state index is 0.329. The van der Waals surface area contributed by atoms with Crippen LogP contribution in [-0.4, -0.2) is 44.2 Å². The molecular weight excluding hydrogens is 318 g/mol. The second-order valence-electron chi connectivity index (χ2n) is 7.07. The summed E-state index contributed by atoms with van der Waals surface area (Å²) in [6.07, 6.45) is 6.19. The molecular formula is C18H25N5O2. The molecule has 2 aliphatic rings. The predicted molar refractivity (Wildman–Crippen MR) is 94.0 cm³/mol. The second-order valence-corrected chi connectivity index (χ2v) is 7.07. The number of hydrogen-bond donors (Lipinski definition) is 2. The molecule has 0 spiro atoms. The number of nitrogens with zero attached hydrogens (tertiary/aromatic N) is 4. The lowest BCUT2D eigenvalue weighted by atomic mass is 10.1. The molecule has 2 N–H and O–H groups in total. The zero-order valence-electron chi connectivity index (χ0n) is 14.6. The monoisotopic (exact) mass is 343 g/mol. The van der Waals surface area contributed by atoms with Crippen LogP contribution >= 0.6 is 0 Å². The first kappa shape index (κ1) is 16.5. The molecule has 2 aromatic heterocycles. The molecule has 1 aliphatic carbocycles. The molecule has 1 saturated heterocycles. The Balaban J connectivity index is 1.58. The highest BCUT2D eigenvalue weighted by molar-refractivity contribution is 5.53. The Morgan fingerprint density at radius 3 is 2.84 bits per heavy atom. The van der Waals surface area contributed by atoms with E-state index >= 15 is 0 Å². The number of pyridine rings is 1. The van der Waals surface area contributed by atoms with Crippen LogP contribution in [0.15, 0.2) is 18.3 Å². The third kappa shape index (κ3) is 3.99. The third-order valence-corrected chi connectivity index (χ3v) is 4.70. The maximum absolute atomic E-state index is 9.57. The highest BCUT2D eigenvalue weighted by Crippen LogP contribution is 2.39. The smallest absolute Gasteiger partial charge is 0.226 e. The highest BCUT2D eigenvalue weighted by atomic mass is 16.5. The van der Waals surface area contributed by atoms with Crippen LogP contribution in [0, 0.1) is 0 Å². The molecule has 1 atom stereocenters. The molecule has 3 heterocycles. The van der Waals surface area contributed by atoms with Crippen molar-refractivity contribution in [2.24, 2.45) is 0 Å². The Labute approximate surface area is 147 Å². The molecule has 2 aromatic rings. The van der Waals surface area contributed by atoms with Gasteiger partial charge in [-0.1, -0.05) is 0 Å². The average Bonchev–Trinajstić information content (AvgIpc) is 3.37. The maximum atomic E-state index is 9.57. The van der Waals surface area contributed by atoms with Gasteiger partial charge < -0.3 is 15.2 Å². The number of ether oxygens (including phenoxy) is 1. The van der Waals surface area contributed by atoms with Crippen LogP contribution in [0.5, 0.6) is 0 Å². The fourth-order valence-corrected chi connectivity index (χ4v) is 3.22. The number of aliphatic hydroxyl groups is 1. The molecule has 7 heteroatoms. The largest absolute Gasteiger partial charge is 0.393 e. The molecule has 7 nitrogen and oxygen atoms in total. The maximum Gasteiger partial charge on any atom is 0.226 e. The normalized spacial score (nSPS) is 19.8. The SMILES string of the molecule is CC(O)Cc1cc(Nc2nc(C3CC3)nn2C2CCOCC2)ccn1. The van der Waals surface area contributed by atoms with Gasteiger partial charge in [-0.3, -0.25) is 4.98 Å². The van der Waals surface area contributed by atoms with E-state index in [0.717, 1.165) is 49.2 Å². The topological polar surface area (TPSA) is 85.1 Å². The first-order valence-electron chi connectivity index (χ1n) is 9.13. The quantitative estimate of drug-likeness (QED) is 0.838. The van der Waals surface area contributed by atoms with Crippen LogP contribution in [0.3, 0.4) is 0 Å². The minimum atomic E-state index is -0.407. The standard InChI is InChI=1S/C18H25N5O2/c1-12(24)10-15-11-14(4-7-19-15)20-18-21-17(13-2-3-13)22-23(18)16-5-8-25-9-6-16/h4,7,11-13,16,24H,2-3,5-6,8-10H2,1H3,(H,19,20,21,22). The molecule has 1 saturated carbocycles. The van der Waals surface area contributed by atoms with E-state index in [1.54, 1.807) is 13.1 Å². The number of rotatable bonds is 6. The molecule has 0 aromatic carbocycles. The predicted octanol–water partition coefficient (Wildman–Crippen LogP) is 2.57. The van der Waals surface area contributed by atoms with Gasteiger partial charge in [0.05, 0.1) is 12.1 Å². The fourth-order valence-electron chi connectivity index (χ4n) is 3.22. The summed E-state index contributed by atoms with van der Waals surface area (Å²) < 4.78 is 7.53. The van der Waals surface area contributed by atoms with Crippen LogP contribution in [0.25, 0.3) is 0 Å². The van der Waals surface area contributed by atoms with Crippen LogP contribution < -0.4 is 5.32 Å². The van der Waals surface area contributed by atoms with Crippen LogP contribution in [0.4, 0.5) is 11.6 Å². The summed E-state index contributed by atoms with van der Waals surface area (Å²) in [7, 11) is 0. The van der Waals surface area contributed by atoms with E-state index in [1.807, 2.05) is 16.8 Å². The molecule has 0 bridgehead atoms. The fraction of sp³-hybridized carbons (Fsp3) is 0.611. The zero-order chi connectivity index (χ0) is 17.2. The van der Waals surface area contributed by atoms with Gasteiger partial charge in [0.15, 0.2) is 5.82 Å². The number of aromatic nitrogens is 4. The van der Waals surface area contributed by atoms with Gasteiger partial charge in [-0.05, 0) is 44.7 Å². The van der Waals surface area contributed by atoms with E-state index in [1.165, 1.54) is 12.8 Å². The third-order valence-electron chi connectivity index (χ3n) is 4.70. The minimum Gasteiger partial charge on any atom is -0.393 e. The Kier molecular flexibility index (Phi) is 4.67. The molecule has 2 fully saturated rings. The van der Waals surface area contributed by atoms with Crippen molar-refractivity contribution in [1.29, 1.82) is 0 Å². The lowest BCUT2D eigenvalue weighted by molar-refractivity contribution is 0.0667. The molecule has 1 aliphatic heterocycles. The molecule has 134 valence electrons. The number of hydrogen-bond acceptors (Lipinski definition) is 6. The Hall–Kier alpha value is -1.99. The summed E-state index contributed by atoms with van der Waals surface area (Å²) in [6, 6.07) is 4.22. The van der Waals surface area contributed by atoms with Gasteiger partial charge in [0.25, 0.3) is 0 Å². The summed E-state index contributed by atoms with van der Waals surface area (Å²) in [5.41, 5.74) is 1.79. The van der Waals surface area contributed by atoms with Crippen molar-refractivity contribution >= 4 is 11.6 Å². The van der Waals surface area contributed by atoms with Gasteiger partial charge in [-0.15, -0.1) is 0 Å². The van der Waals surface area contributed by atoms with E-state index in [0.29, 0.717) is 18.4 Å². The summed E-state index contributed by atoms with van der Waals surface area (Å²) in [6.45, 7) is 3.32. The van der Waals surface area contributed by atoms with Gasteiger partial charge in [-0.2, -0.15) is 10.1 Å². The average molecular weight is 343 g/mol. The van der Waals surface area contributed by atoms with Crippen molar-refractivity contribution < 1.29 is 9.84 Å². The highest BCUT2D eigenvalue weighted by Gasteiger charge is 2.31. The molecule has 25 heavy (non-hydrogen) atoms. The van der Waals surface area contributed by atoms with E-state index in [2.05, 4.69) is 10.3 Å². The lowest BCUT2D eigenvalue weighted by Crippen LogP contribution is -2.21. The number of aliphatic hydroxyl groups excluding tert-OH is 1. The first-order chi connectivity index (χ1) is 12.2. The van der Waals surface area contributed by atoms with Gasteiger partial charge >= 0.3 is 0 Å². The Morgan fingerprint density at radius 2 is 2.12 bits per heavy atom. The van der Waals surface area contributed by atoms with Crippen molar-refractivity contribution in [1.82, 2.24) is 19.7 Å². The zero-order valence-corrected chi connectivity index (χ0v) is 14.6. The molecule has 0 amide bonds. The van der Waals surface area contributed by atoms with Gasteiger partial charge in [0.1, 0.15) is 0 Å². The van der Waals surface area contributed by atoms with E-state index in [9.17, 15) is 5.11 Å². The Bertz CT molecular complexity index is 720. The van der Waals surface area contributed by atoms with Gasteiger partial charge in [-0.25, -0.2) is 4.68 Å². The van der Waals surface area contributed by atoms with Crippen LogP contribution in [0.1, 0.15) is 56.1 Å². The Morgan fingerprint density at radius 1 is 1.32 bits per heavy atom.